The molecule has 0 aromatic heterocycles. The quantitative estimate of drug-likeness (QED) is 0.475. The number of benzene rings is 1. The summed E-state index contributed by atoms with van der Waals surface area (Å²) in [5.74, 6) is -0.545. The lowest BCUT2D eigenvalue weighted by Crippen LogP contribution is -2.27. The number of thioether (sulfide) groups is 1. The predicted molar refractivity (Wildman–Crippen MR) is 67.7 cm³/mol. The molecule has 1 unspecified atom stereocenters. The van der Waals surface area contributed by atoms with E-state index < -0.39 is 33.0 Å². The van der Waals surface area contributed by atoms with Gasteiger partial charge in [-0.1, -0.05) is 0 Å². The first-order valence-corrected chi connectivity index (χ1v) is 6.62. The highest BCUT2D eigenvalue weighted by molar-refractivity contribution is 8.02. The van der Waals surface area contributed by atoms with Gasteiger partial charge in [-0.3, -0.25) is 14.9 Å². The zero-order valence-corrected chi connectivity index (χ0v) is 11.1. The molecular formula is C10H6ClF3N2O3S. The van der Waals surface area contributed by atoms with Gasteiger partial charge in [0, 0.05) is 12.1 Å². The van der Waals surface area contributed by atoms with Crippen molar-refractivity contribution in [3.05, 3.63) is 33.9 Å². The molecule has 5 nitrogen and oxygen atoms in total. The summed E-state index contributed by atoms with van der Waals surface area (Å²) in [7, 11) is 0. The number of non-ortho nitro benzene ring substituents is 1. The number of alkyl halides is 4. The highest BCUT2D eigenvalue weighted by Gasteiger charge is 2.36. The van der Waals surface area contributed by atoms with Crippen LogP contribution >= 0.6 is 23.4 Å². The fraction of sp³-hybridized carbons (Fsp3) is 0.300. The Labute approximate surface area is 119 Å². The summed E-state index contributed by atoms with van der Waals surface area (Å²) in [6.45, 7) is 0. The second-order valence-electron chi connectivity index (χ2n) is 3.87. The van der Waals surface area contributed by atoms with E-state index in [0.717, 1.165) is 22.7 Å². The molecule has 0 spiro atoms. The van der Waals surface area contributed by atoms with E-state index in [-0.39, 0.29) is 11.6 Å². The standard InChI is InChI=1S/C10H6ClF3N2O3S/c11-8-9(17)15(4-20-8)6-1-5(10(12,13)14)2-7(3-6)16(18)19/h1-3,8H,4H2. The van der Waals surface area contributed by atoms with Crippen LogP contribution in [0.15, 0.2) is 18.2 Å². The number of rotatable bonds is 2. The number of hydrogen-bond acceptors (Lipinski definition) is 4. The smallest absolute Gasteiger partial charge is 0.300 e. The molecule has 108 valence electrons. The molecule has 0 aliphatic carbocycles. The predicted octanol–water partition coefficient (Wildman–Crippen LogP) is 3.22. The van der Waals surface area contributed by atoms with Crippen LogP contribution in [0.3, 0.4) is 0 Å². The molecule has 1 aliphatic rings. The first kappa shape index (κ1) is 14.9. The minimum Gasteiger partial charge on any atom is -0.300 e. The Morgan fingerprint density at radius 3 is 2.50 bits per heavy atom. The Kier molecular flexibility index (Phi) is 3.83. The van der Waals surface area contributed by atoms with Crippen LogP contribution in [0.4, 0.5) is 24.5 Å². The average Bonchev–Trinajstić information content (AvgIpc) is 2.68. The van der Waals surface area contributed by atoms with Gasteiger partial charge in [0.2, 0.25) is 0 Å². The Bertz CT molecular complexity index is 581. The van der Waals surface area contributed by atoms with E-state index in [1.165, 1.54) is 0 Å². The number of anilines is 1. The molecule has 1 atom stereocenters. The Hall–Kier alpha value is -1.48. The highest BCUT2D eigenvalue weighted by Crippen LogP contribution is 2.38. The lowest BCUT2D eigenvalue weighted by Gasteiger charge is -2.16. The summed E-state index contributed by atoms with van der Waals surface area (Å²) in [4.78, 5) is 22.4. The number of hydrogen-bond donors (Lipinski definition) is 0. The minimum atomic E-state index is -4.74. The van der Waals surface area contributed by atoms with Crippen LogP contribution in [-0.2, 0) is 11.0 Å². The monoisotopic (exact) mass is 326 g/mol. The van der Waals surface area contributed by atoms with E-state index in [1.54, 1.807) is 0 Å². The van der Waals surface area contributed by atoms with Gasteiger partial charge in [-0.05, 0) is 6.07 Å². The number of nitro groups is 1. The molecule has 1 amide bonds. The van der Waals surface area contributed by atoms with Crippen molar-refractivity contribution < 1.29 is 22.9 Å². The number of carbonyl (C=O) groups excluding carboxylic acids is 1. The minimum absolute atomic E-state index is 0.0471. The Morgan fingerprint density at radius 2 is 2.05 bits per heavy atom. The molecule has 10 heteroatoms. The van der Waals surface area contributed by atoms with Gasteiger partial charge in [-0.2, -0.15) is 13.2 Å². The molecule has 1 aromatic rings. The van der Waals surface area contributed by atoms with Crippen LogP contribution in [0, 0.1) is 10.1 Å². The highest BCUT2D eigenvalue weighted by atomic mass is 35.5. The molecule has 1 aliphatic heterocycles. The summed E-state index contributed by atoms with van der Waals surface area (Å²) in [5, 5.41) is 10.7. The van der Waals surface area contributed by atoms with E-state index in [0.29, 0.717) is 12.1 Å². The Morgan fingerprint density at radius 1 is 1.40 bits per heavy atom. The van der Waals surface area contributed by atoms with Crippen LogP contribution in [0.1, 0.15) is 5.56 Å². The van der Waals surface area contributed by atoms with Gasteiger partial charge < -0.3 is 4.90 Å². The first-order chi connectivity index (χ1) is 9.20. The molecular weight excluding hydrogens is 321 g/mol. The molecule has 0 bridgehead atoms. The SMILES string of the molecule is O=C1C(Cl)SCN1c1cc([N+](=O)[O-])cc(C(F)(F)F)c1. The topological polar surface area (TPSA) is 63.5 Å². The maximum atomic E-state index is 12.7. The zero-order valence-electron chi connectivity index (χ0n) is 9.56. The zero-order chi connectivity index (χ0) is 15.1. The van der Waals surface area contributed by atoms with Gasteiger partial charge in [0.1, 0.15) is 0 Å². The van der Waals surface area contributed by atoms with Crippen LogP contribution in [0.25, 0.3) is 0 Å². The molecule has 1 saturated heterocycles. The van der Waals surface area contributed by atoms with Crippen LogP contribution in [-0.4, -0.2) is 21.4 Å². The van der Waals surface area contributed by atoms with Gasteiger partial charge in [0.25, 0.3) is 11.6 Å². The maximum absolute atomic E-state index is 12.7. The van der Waals surface area contributed by atoms with Crippen molar-refractivity contribution in [1.29, 1.82) is 0 Å². The third-order valence-corrected chi connectivity index (χ3v) is 4.03. The largest absolute Gasteiger partial charge is 0.416 e. The second-order valence-corrected chi connectivity index (χ2v) is 5.63. The summed E-state index contributed by atoms with van der Waals surface area (Å²) in [6.07, 6.45) is -4.74. The van der Waals surface area contributed by atoms with Crippen LogP contribution in [0.5, 0.6) is 0 Å². The summed E-state index contributed by atoms with van der Waals surface area (Å²) < 4.78 is 37.2. The molecule has 20 heavy (non-hydrogen) atoms. The number of nitrogens with zero attached hydrogens (tertiary/aromatic N) is 2. The van der Waals surface area contributed by atoms with Crippen molar-refractivity contribution in [2.75, 3.05) is 10.8 Å². The molecule has 0 N–H and O–H groups in total. The third kappa shape index (κ3) is 2.83. The van der Waals surface area contributed by atoms with Gasteiger partial charge >= 0.3 is 6.18 Å². The second kappa shape index (κ2) is 5.13. The van der Waals surface area contributed by atoms with E-state index in [9.17, 15) is 28.1 Å². The van der Waals surface area contributed by atoms with Crippen molar-refractivity contribution in [2.45, 2.75) is 10.9 Å². The van der Waals surface area contributed by atoms with Crippen molar-refractivity contribution in [1.82, 2.24) is 0 Å². The number of nitro benzene ring substituents is 1. The van der Waals surface area contributed by atoms with E-state index in [2.05, 4.69) is 0 Å². The van der Waals surface area contributed by atoms with Crippen molar-refractivity contribution >= 4 is 40.6 Å². The maximum Gasteiger partial charge on any atom is 0.416 e. The van der Waals surface area contributed by atoms with E-state index in [4.69, 9.17) is 11.6 Å². The van der Waals surface area contributed by atoms with Crippen molar-refractivity contribution in [3.63, 3.8) is 0 Å². The lowest BCUT2D eigenvalue weighted by atomic mass is 10.1. The fourth-order valence-electron chi connectivity index (χ4n) is 1.62. The summed E-state index contributed by atoms with van der Waals surface area (Å²) in [5.41, 5.74) is -2.10. The number of amides is 1. The molecule has 1 aromatic carbocycles. The average molecular weight is 327 g/mol. The van der Waals surface area contributed by atoms with Gasteiger partial charge in [-0.25, -0.2) is 0 Å². The normalized spacial score (nSPS) is 19.5. The molecule has 0 saturated carbocycles. The van der Waals surface area contributed by atoms with Crippen molar-refractivity contribution in [3.8, 4) is 0 Å². The molecule has 0 radical (unpaired) electrons. The first-order valence-electron chi connectivity index (χ1n) is 5.14. The van der Waals surface area contributed by atoms with Gasteiger partial charge in [0.05, 0.1) is 22.1 Å². The van der Waals surface area contributed by atoms with Crippen LogP contribution < -0.4 is 4.90 Å². The van der Waals surface area contributed by atoms with Crippen LogP contribution in [0.2, 0.25) is 0 Å². The van der Waals surface area contributed by atoms with E-state index in [1.807, 2.05) is 0 Å². The van der Waals surface area contributed by atoms with E-state index >= 15 is 0 Å². The Balaban J connectivity index is 2.50. The van der Waals surface area contributed by atoms with Gasteiger partial charge in [0.15, 0.2) is 4.71 Å². The molecule has 1 heterocycles. The number of carbonyl (C=O) groups is 1. The summed E-state index contributed by atoms with van der Waals surface area (Å²) >= 11 is 6.68. The lowest BCUT2D eigenvalue weighted by molar-refractivity contribution is -0.385. The summed E-state index contributed by atoms with van der Waals surface area (Å²) in [6, 6.07) is 2.04. The fourth-order valence-corrected chi connectivity index (χ4v) is 2.73. The third-order valence-electron chi connectivity index (χ3n) is 2.56. The molecule has 1 fully saturated rings. The number of halogens is 4. The van der Waals surface area contributed by atoms with Gasteiger partial charge in [-0.15, -0.1) is 23.4 Å². The van der Waals surface area contributed by atoms with Crippen molar-refractivity contribution in [2.24, 2.45) is 0 Å². The molecule has 2 rings (SSSR count).